The Kier molecular flexibility index (Phi) is 8.63. The van der Waals surface area contributed by atoms with E-state index in [0.29, 0.717) is 5.82 Å². The fourth-order valence-corrected chi connectivity index (χ4v) is 5.87. The summed E-state index contributed by atoms with van der Waals surface area (Å²) in [6, 6.07) is 6.64. The van der Waals surface area contributed by atoms with Gasteiger partial charge in [-0.15, -0.1) is 5.59 Å². The number of ether oxygens (including phenoxy) is 2. The van der Waals surface area contributed by atoms with Gasteiger partial charge in [-0.1, -0.05) is 33.8 Å². The number of phenols is 1. The molecule has 0 aliphatic rings. The molecule has 0 saturated heterocycles. The molecule has 1 aromatic heterocycles. The Morgan fingerprint density at radius 2 is 1.67 bits per heavy atom. The maximum atomic E-state index is 14.5. The topological polar surface area (TPSA) is 102 Å². The van der Waals surface area contributed by atoms with Crippen LogP contribution in [0, 0.1) is 18.8 Å². The first-order chi connectivity index (χ1) is 15.4. The zero-order chi connectivity index (χ0) is 25.0. The zero-order valence-corrected chi connectivity index (χ0v) is 21.8. The van der Waals surface area contributed by atoms with E-state index in [-0.39, 0.29) is 34.8 Å². The van der Waals surface area contributed by atoms with E-state index < -0.39 is 12.8 Å². The molecule has 0 radical (unpaired) electrons. The lowest BCUT2D eigenvalue weighted by Crippen LogP contribution is -2.43. The van der Waals surface area contributed by atoms with Crippen molar-refractivity contribution >= 4 is 13.4 Å². The summed E-state index contributed by atoms with van der Waals surface area (Å²) in [5.41, 5.74) is 3.67. The first-order valence-corrected chi connectivity index (χ1v) is 12.3. The number of nitrogens with zero attached hydrogens (tertiary/aromatic N) is 2. The fourth-order valence-electron chi connectivity index (χ4n) is 3.56. The SMILES string of the molecule is COc1cc(OP(=O)(ONN(C)c2ncccc2C)C(C)(C(C)C)C(C)C)cc(OC)c1O. The highest BCUT2D eigenvalue weighted by Gasteiger charge is 2.54. The van der Waals surface area contributed by atoms with Crippen LogP contribution in [-0.2, 0) is 9.19 Å². The molecule has 0 amide bonds. The number of aromatic hydroxyl groups is 1. The number of methoxy groups -OCH3 is 2. The van der Waals surface area contributed by atoms with Crippen LogP contribution in [0.25, 0.3) is 0 Å². The van der Waals surface area contributed by atoms with Crippen molar-refractivity contribution in [1.82, 2.24) is 10.6 Å². The van der Waals surface area contributed by atoms with Gasteiger partial charge in [0.05, 0.1) is 19.4 Å². The molecule has 1 atom stereocenters. The number of rotatable bonds is 11. The van der Waals surface area contributed by atoms with Crippen LogP contribution in [0.2, 0.25) is 0 Å². The van der Waals surface area contributed by atoms with Crippen LogP contribution in [0.3, 0.4) is 0 Å². The number of hydrazine groups is 1. The Morgan fingerprint density at radius 3 is 2.12 bits per heavy atom. The highest BCUT2D eigenvalue weighted by atomic mass is 31.2. The van der Waals surface area contributed by atoms with Gasteiger partial charge >= 0.3 is 7.60 Å². The normalized spacial score (nSPS) is 13.7. The van der Waals surface area contributed by atoms with Crippen LogP contribution >= 0.6 is 7.60 Å². The van der Waals surface area contributed by atoms with Crippen LogP contribution in [0.4, 0.5) is 5.82 Å². The molecule has 0 aliphatic heterocycles. The van der Waals surface area contributed by atoms with E-state index in [0.717, 1.165) is 5.56 Å². The molecule has 2 rings (SSSR count). The van der Waals surface area contributed by atoms with Gasteiger partial charge in [0.15, 0.2) is 11.5 Å². The van der Waals surface area contributed by atoms with Crippen LogP contribution in [0.15, 0.2) is 30.5 Å². The van der Waals surface area contributed by atoms with Crippen molar-refractivity contribution in [2.24, 2.45) is 11.8 Å². The highest BCUT2D eigenvalue weighted by molar-refractivity contribution is 7.56. The maximum Gasteiger partial charge on any atom is 0.403 e. The second-order valence-electron chi connectivity index (χ2n) is 8.69. The molecule has 2 N–H and O–H groups in total. The zero-order valence-electron chi connectivity index (χ0n) is 20.9. The van der Waals surface area contributed by atoms with Crippen molar-refractivity contribution in [2.75, 3.05) is 26.3 Å². The number of anilines is 1. The van der Waals surface area contributed by atoms with Gasteiger partial charge in [-0.25, -0.2) is 9.55 Å². The van der Waals surface area contributed by atoms with Crippen LogP contribution in [0.5, 0.6) is 23.0 Å². The number of aromatic nitrogens is 1. The molecular weight excluding hydrogens is 445 g/mol. The molecule has 1 unspecified atom stereocenters. The number of pyridine rings is 1. The minimum Gasteiger partial charge on any atom is -0.502 e. The Bertz CT molecular complexity index is 965. The lowest BCUT2D eigenvalue weighted by atomic mass is 9.86. The average Bonchev–Trinajstić information content (AvgIpc) is 2.77. The third-order valence-corrected chi connectivity index (χ3v) is 9.19. The smallest absolute Gasteiger partial charge is 0.403 e. The summed E-state index contributed by atoms with van der Waals surface area (Å²) in [4.78, 5) is 4.34. The molecule has 9 nitrogen and oxygen atoms in total. The molecule has 0 fully saturated rings. The van der Waals surface area contributed by atoms with Crippen molar-refractivity contribution < 1.29 is 28.3 Å². The predicted octanol–water partition coefficient (Wildman–Crippen LogP) is 5.33. The third kappa shape index (κ3) is 5.37. The summed E-state index contributed by atoms with van der Waals surface area (Å²) < 4.78 is 36.9. The standard InChI is InChI=1S/C23H36N3O6P/c1-15(2)23(6,16(3)4)33(28,32-25-26(7)22-17(5)11-10-12-24-22)31-18-13-19(29-8)21(27)20(14-18)30-9/h10-16,25,27H,1-9H3. The Hall–Kier alpha value is -2.48. The molecule has 1 heterocycles. The van der Waals surface area contributed by atoms with Crippen molar-refractivity contribution in [3.63, 3.8) is 0 Å². The summed E-state index contributed by atoms with van der Waals surface area (Å²) >= 11 is 0. The summed E-state index contributed by atoms with van der Waals surface area (Å²) in [6.45, 7) is 11.7. The van der Waals surface area contributed by atoms with Gasteiger partial charge < -0.3 is 19.1 Å². The minimum atomic E-state index is -3.91. The molecular formula is C23H36N3O6P. The van der Waals surface area contributed by atoms with Gasteiger partial charge in [0.1, 0.15) is 11.6 Å². The van der Waals surface area contributed by atoms with Gasteiger partial charge in [0.25, 0.3) is 0 Å². The largest absolute Gasteiger partial charge is 0.502 e. The number of nitrogens with one attached hydrogen (secondary N) is 1. The minimum absolute atomic E-state index is 0.0621. The second kappa shape index (κ2) is 10.6. The molecule has 0 aliphatic carbocycles. The number of phenolic OH excluding ortho intramolecular Hbond substituents is 1. The molecule has 1 aromatic carbocycles. The molecule has 10 heteroatoms. The van der Waals surface area contributed by atoms with Gasteiger partial charge in [-0.05, 0) is 37.3 Å². The van der Waals surface area contributed by atoms with Crippen molar-refractivity contribution in [1.29, 1.82) is 0 Å². The fraction of sp³-hybridized carbons (Fsp3) is 0.522. The predicted molar refractivity (Wildman–Crippen MR) is 129 cm³/mol. The van der Waals surface area contributed by atoms with Crippen LogP contribution in [0.1, 0.15) is 40.2 Å². The highest BCUT2D eigenvalue weighted by Crippen LogP contribution is 2.65. The number of benzene rings is 1. The van der Waals surface area contributed by atoms with Gasteiger partial charge in [-0.2, -0.15) is 4.62 Å². The Balaban J connectivity index is 2.50. The monoisotopic (exact) mass is 481 g/mol. The quantitative estimate of drug-likeness (QED) is 0.326. The average molecular weight is 482 g/mol. The molecule has 0 bridgehead atoms. The number of hydrogen-bond acceptors (Lipinski definition) is 9. The van der Waals surface area contributed by atoms with Crippen molar-refractivity contribution in [3.8, 4) is 23.0 Å². The number of aryl methyl sites for hydroxylation is 1. The van der Waals surface area contributed by atoms with E-state index in [1.165, 1.54) is 26.4 Å². The first kappa shape index (κ1) is 26.8. The summed E-state index contributed by atoms with van der Waals surface area (Å²) in [5.74, 6) is 0.744. The van der Waals surface area contributed by atoms with E-state index in [2.05, 4.69) is 10.6 Å². The van der Waals surface area contributed by atoms with E-state index >= 15 is 0 Å². The van der Waals surface area contributed by atoms with Crippen molar-refractivity contribution in [3.05, 3.63) is 36.0 Å². The lowest BCUT2D eigenvalue weighted by Gasteiger charge is -2.42. The summed E-state index contributed by atoms with van der Waals surface area (Å²) in [6.07, 6.45) is 1.66. The summed E-state index contributed by atoms with van der Waals surface area (Å²) in [7, 11) is 0.621. The third-order valence-electron chi connectivity index (χ3n) is 6.20. The van der Waals surface area contributed by atoms with E-state index in [1.54, 1.807) is 18.3 Å². The van der Waals surface area contributed by atoms with E-state index in [1.807, 2.05) is 53.7 Å². The molecule has 33 heavy (non-hydrogen) atoms. The van der Waals surface area contributed by atoms with Gasteiger partial charge in [0, 0.05) is 25.4 Å². The second-order valence-corrected chi connectivity index (χ2v) is 11.0. The first-order valence-electron chi connectivity index (χ1n) is 10.8. The lowest BCUT2D eigenvalue weighted by molar-refractivity contribution is 0.134. The Morgan fingerprint density at radius 1 is 1.12 bits per heavy atom. The van der Waals surface area contributed by atoms with E-state index in [4.69, 9.17) is 18.6 Å². The molecule has 2 aromatic rings. The number of hydrogen-bond donors (Lipinski definition) is 2. The van der Waals surface area contributed by atoms with Gasteiger partial charge in [-0.3, -0.25) is 5.01 Å². The summed E-state index contributed by atoms with van der Waals surface area (Å²) in [5, 5.41) is 10.9. The molecule has 0 spiro atoms. The van der Waals surface area contributed by atoms with Crippen LogP contribution < -0.4 is 24.6 Å². The van der Waals surface area contributed by atoms with Crippen LogP contribution in [-0.4, -0.2) is 36.5 Å². The Labute approximate surface area is 196 Å². The van der Waals surface area contributed by atoms with Gasteiger partial charge in [0.2, 0.25) is 5.75 Å². The molecule has 184 valence electrons. The maximum absolute atomic E-state index is 14.5. The van der Waals surface area contributed by atoms with Crippen molar-refractivity contribution in [2.45, 2.75) is 46.7 Å². The van der Waals surface area contributed by atoms with E-state index in [9.17, 15) is 9.67 Å². The molecule has 0 saturated carbocycles.